The maximum Gasteiger partial charge on any atom is 0.282 e. The molecule has 28 heavy (non-hydrogen) atoms. The van der Waals surface area contributed by atoms with Crippen molar-refractivity contribution in [2.45, 2.75) is 3.79 Å². The Morgan fingerprint density at radius 3 is 2.21 bits per heavy atom. The van der Waals surface area contributed by atoms with Crippen molar-refractivity contribution in [3.8, 4) is 11.5 Å². The summed E-state index contributed by atoms with van der Waals surface area (Å²) in [4.78, 5) is 22.4. The standard InChI is InChI=1S/C15H10Cl4N2O6S/c1-28(25,26)20-14(22)10-6-8(3-5-13(10)21(23)24)27-9-2-4-11(12(16)7-9)15(17,18)19/h2-7H,1H3,(H,20,22). The number of ether oxygens (including phenoxy) is 1. The maximum atomic E-state index is 12.1. The van der Waals surface area contributed by atoms with Crippen molar-refractivity contribution >= 4 is 68.0 Å². The first-order valence-corrected chi connectivity index (χ1v) is 10.5. The van der Waals surface area contributed by atoms with Crippen molar-refractivity contribution in [3.05, 3.63) is 62.7 Å². The lowest BCUT2D eigenvalue weighted by Crippen LogP contribution is -2.29. The largest absolute Gasteiger partial charge is 0.457 e. The minimum Gasteiger partial charge on any atom is -0.457 e. The Kier molecular flexibility index (Phi) is 6.67. The van der Waals surface area contributed by atoms with E-state index in [0.717, 1.165) is 18.4 Å². The minimum absolute atomic E-state index is 0.0157. The molecule has 2 aromatic rings. The Labute approximate surface area is 179 Å². The average Bonchev–Trinajstić information content (AvgIpc) is 2.51. The van der Waals surface area contributed by atoms with E-state index in [-0.39, 0.29) is 22.1 Å². The first-order chi connectivity index (χ1) is 12.8. The molecule has 0 aliphatic carbocycles. The lowest BCUT2D eigenvalue weighted by Gasteiger charge is -2.14. The highest BCUT2D eigenvalue weighted by Gasteiger charge is 2.26. The summed E-state index contributed by atoms with van der Waals surface area (Å²) in [5.74, 6) is -0.975. The minimum atomic E-state index is -3.93. The molecule has 0 spiro atoms. The summed E-state index contributed by atoms with van der Waals surface area (Å²) in [6, 6.07) is 7.44. The van der Waals surface area contributed by atoms with Crippen LogP contribution in [0, 0.1) is 10.1 Å². The van der Waals surface area contributed by atoms with Gasteiger partial charge >= 0.3 is 0 Å². The normalized spacial score (nSPS) is 11.8. The molecule has 0 heterocycles. The third-order valence-electron chi connectivity index (χ3n) is 3.17. The van der Waals surface area contributed by atoms with Crippen LogP contribution in [-0.4, -0.2) is 25.5 Å². The topological polar surface area (TPSA) is 116 Å². The third-order valence-corrected chi connectivity index (χ3v) is 4.65. The Hall–Kier alpha value is -1.78. The highest BCUT2D eigenvalue weighted by Crippen LogP contribution is 2.43. The van der Waals surface area contributed by atoms with Crippen LogP contribution < -0.4 is 9.46 Å². The van der Waals surface area contributed by atoms with Crippen LogP contribution in [-0.2, 0) is 13.8 Å². The molecule has 0 saturated heterocycles. The Bertz CT molecular complexity index is 1050. The van der Waals surface area contributed by atoms with E-state index < -0.39 is 35.9 Å². The van der Waals surface area contributed by atoms with Crippen LogP contribution in [0.5, 0.6) is 11.5 Å². The number of hydrogen-bond donors (Lipinski definition) is 1. The van der Waals surface area contributed by atoms with E-state index in [1.165, 1.54) is 24.3 Å². The van der Waals surface area contributed by atoms with Gasteiger partial charge in [-0.05, 0) is 24.3 Å². The summed E-state index contributed by atoms with van der Waals surface area (Å²) >= 11 is 23.4. The second kappa shape index (κ2) is 8.30. The van der Waals surface area contributed by atoms with Crippen LogP contribution in [0.4, 0.5) is 5.69 Å². The van der Waals surface area contributed by atoms with Crippen molar-refractivity contribution in [1.29, 1.82) is 0 Å². The van der Waals surface area contributed by atoms with Gasteiger partial charge in [-0.1, -0.05) is 46.4 Å². The Morgan fingerprint density at radius 1 is 1.14 bits per heavy atom. The number of nitrogens with one attached hydrogen (secondary N) is 1. The van der Waals surface area contributed by atoms with Crippen molar-refractivity contribution < 1.29 is 22.9 Å². The molecule has 0 aliphatic rings. The number of nitro benzene ring substituents is 1. The molecule has 8 nitrogen and oxygen atoms in total. The summed E-state index contributed by atoms with van der Waals surface area (Å²) in [5, 5.41) is 11.2. The van der Waals surface area contributed by atoms with E-state index in [9.17, 15) is 23.3 Å². The number of carbonyl (C=O) groups is 1. The molecule has 2 aromatic carbocycles. The Balaban J connectivity index is 2.40. The van der Waals surface area contributed by atoms with Gasteiger partial charge in [0.1, 0.15) is 17.1 Å². The molecule has 13 heteroatoms. The van der Waals surface area contributed by atoms with E-state index in [1.54, 1.807) is 4.72 Å². The maximum absolute atomic E-state index is 12.1. The number of benzene rings is 2. The fraction of sp³-hybridized carbons (Fsp3) is 0.133. The molecule has 0 bridgehead atoms. The fourth-order valence-electron chi connectivity index (χ4n) is 2.07. The molecule has 0 aliphatic heterocycles. The number of carbonyl (C=O) groups excluding carboxylic acids is 1. The Morgan fingerprint density at radius 2 is 1.71 bits per heavy atom. The van der Waals surface area contributed by atoms with Crippen LogP contribution in [0.1, 0.15) is 15.9 Å². The molecule has 150 valence electrons. The number of nitrogens with zero attached hydrogens (tertiary/aromatic N) is 1. The highest BCUT2D eigenvalue weighted by molar-refractivity contribution is 7.89. The third kappa shape index (κ3) is 5.86. The van der Waals surface area contributed by atoms with E-state index in [4.69, 9.17) is 51.1 Å². The molecule has 0 unspecified atom stereocenters. The lowest BCUT2D eigenvalue weighted by molar-refractivity contribution is -0.385. The van der Waals surface area contributed by atoms with Crippen LogP contribution in [0.3, 0.4) is 0 Å². The van der Waals surface area contributed by atoms with Crippen LogP contribution in [0.25, 0.3) is 0 Å². The second-order valence-corrected chi connectivity index (χ2v) is 9.82. The summed E-state index contributed by atoms with van der Waals surface area (Å²) in [7, 11) is -3.93. The van der Waals surface area contributed by atoms with Gasteiger partial charge in [-0.15, -0.1) is 0 Å². The number of amides is 1. The van der Waals surface area contributed by atoms with E-state index >= 15 is 0 Å². The quantitative estimate of drug-likeness (QED) is 0.375. The van der Waals surface area contributed by atoms with Gasteiger partial charge in [-0.2, -0.15) is 0 Å². The van der Waals surface area contributed by atoms with Crippen molar-refractivity contribution in [2.75, 3.05) is 6.26 Å². The number of sulfonamides is 1. The van der Waals surface area contributed by atoms with E-state index in [0.29, 0.717) is 0 Å². The molecular formula is C15H10Cl4N2O6S. The predicted octanol–water partition coefficient (Wildman–Crippen LogP) is 4.56. The first kappa shape index (κ1) is 22.5. The second-order valence-electron chi connectivity index (χ2n) is 5.38. The van der Waals surface area contributed by atoms with Crippen LogP contribution in [0.15, 0.2) is 36.4 Å². The number of halogens is 4. The van der Waals surface area contributed by atoms with Crippen molar-refractivity contribution in [3.63, 3.8) is 0 Å². The number of alkyl halides is 3. The summed E-state index contributed by atoms with van der Waals surface area (Å²) in [6.45, 7) is 0. The predicted molar refractivity (Wildman–Crippen MR) is 106 cm³/mol. The molecule has 0 saturated carbocycles. The van der Waals surface area contributed by atoms with Crippen molar-refractivity contribution in [1.82, 2.24) is 4.72 Å². The van der Waals surface area contributed by atoms with Gasteiger partial charge in [-0.25, -0.2) is 13.1 Å². The smallest absolute Gasteiger partial charge is 0.282 e. The molecule has 1 N–H and O–H groups in total. The highest BCUT2D eigenvalue weighted by atomic mass is 35.6. The van der Waals surface area contributed by atoms with Gasteiger partial charge < -0.3 is 4.74 Å². The van der Waals surface area contributed by atoms with Gasteiger partial charge in [0.05, 0.1) is 16.2 Å². The van der Waals surface area contributed by atoms with Gasteiger partial charge in [0.2, 0.25) is 13.8 Å². The number of rotatable bonds is 5. The molecule has 2 rings (SSSR count). The zero-order chi connectivity index (χ0) is 21.3. The van der Waals surface area contributed by atoms with E-state index in [2.05, 4.69) is 0 Å². The molecule has 1 amide bonds. The summed E-state index contributed by atoms with van der Waals surface area (Å²) in [6.07, 6.45) is 0.741. The SMILES string of the molecule is CS(=O)(=O)NC(=O)c1cc(Oc2ccc(C(Cl)(Cl)Cl)c(Cl)c2)ccc1[N+](=O)[O-]. The summed E-state index contributed by atoms with van der Waals surface area (Å²) < 4.78 is 27.9. The van der Waals surface area contributed by atoms with Gasteiger partial charge in [0.15, 0.2) is 0 Å². The zero-order valence-corrected chi connectivity index (χ0v) is 17.6. The number of nitro groups is 1. The first-order valence-electron chi connectivity index (χ1n) is 7.13. The average molecular weight is 488 g/mol. The monoisotopic (exact) mass is 486 g/mol. The molecule has 0 aromatic heterocycles. The lowest BCUT2D eigenvalue weighted by atomic mass is 10.1. The van der Waals surface area contributed by atoms with Crippen LogP contribution in [0.2, 0.25) is 5.02 Å². The summed E-state index contributed by atoms with van der Waals surface area (Å²) in [5.41, 5.74) is -0.890. The molecule has 0 atom stereocenters. The van der Waals surface area contributed by atoms with Crippen molar-refractivity contribution in [2.24, 2.45) is 0 Å². The number of hydrogen-bond acceptors (Lipinski definition) is 6. The fourth-order valence-corrected chi connectivity index (χ4v) is 3.47. The zero-order valence-electron chi connectivity index (χ0n) is 13.8. The molecule has 0 radical (unpaired) electrons. The van der Waals surface area contributed by atoms with Gasteiger partial charge in [-0.3, -0.25) is 14.9 Å². The van der Waals surface area contributed by atoms with Gasteiger partial charge in [0.25, 0.3) is 11.6 Å². The van der Waals surface area contributed by atoms with Gasteiger partial charge in [0, 0.05) is 17.7 Å². The van der Waals surface area contributed by atoms with Crippen LogP contribution >= 0.6 is 46.4 Å². The molecular weight excluding hydrogens is 478 g/mol. The van der Waals surface area contributed by atoms with E-state index in [1.807, 2.05) is 0 Å². The molecule has 0 fully saturated rings.